The maximum atomic E-state index is 14.5. The molecular formula is C78H95N13O15. The second-order valence-electron chi connectivity index (χ2n) is 29.8. The fourth-order valence-corrected chi connectivity index (χ4v) is 15.0. The number of carbonyl (C=O) groups is 9. The number of para-hydroxylation sites is 1. The fraction of sp³-hybridized carbons (Fsp3) is 0.474. The van der Waals surface area contributed by atoms with Crippen molar-refractivity contribution in [3.63, 3.8) is 0 Å². The zero-order valence-electron chi connectivity index (χ0n) is 61.2. The minimum Gasteiger partial charge on any atom is -0.493 e. The largest absolute Gasteiger partial charge is 0.493 e. The van der Waals surface area contributed by atoms with Crippen LogP contribution < -0.4 is 66.0 Å². The fourth-order valence-electron chi connectivity index (χ4n) is 15.0. The first-order valence-electron chi connectivity index (χ1n) is 36.4. The predicted molar refractivity (Wildman–Crippen MR) is 394 cm³/mol. The van der Waals surface area contributed by atoms with Crippen LogP contribution in [0, 0.1) is 22.3 Å². The molecule has 28 nitrogen and oxygen atoms in total. The van der Waals surface area contributed by atoms with Gasteiger partial charge < -0.3 is 80.7 Å². The lowest BCUT2D eigenvalue weighted by atomic mass is 9.92. The molecule has 28 heteroatoms. The number of benzene rings is 5. The van der Waals surface area contributed by atoms with Gasteiger partial charge in [0.15, 0.2) is 29.2 Å². The van der Waals surface area contributed by atoms with Crippen molar-refractivity contribution in [2.24, 2.45) is 21.9 Å². The summed E-state index contributed by atoms with van der Waals surface area (Å²) in [6, 6.07) is 24.9. The molecule has 2 aliphatic carbocycles. The molecule has 5 aliphatic heterocycles. The van der Waals surface area contributed by atoms with E-state index in [0.29, 0.717) is 96.3 Å². The lowest BCUT2D eigenvalue weighted by Gasteiger charge is -2.33. The van der Waals surface area contributed by atoms with Crippen molar-refractivity contribution in [3.8, 4) is 23.0 Å². The van der Waals surface area contributed by atoms with Crippen molar-refractivity contribution in [2.75, 3.05) is 80.6 Å². The van der Waals surface area contributed by atoms with Gasteiger partial charge in [0.1, 0.15) is 24.4 Å². The number of anilines is 4. The van der Waals surface area contributed by atoms with Crippen LogP contribution in [0.3, 0.4) is 0 Å². The molecule has 2 saturated heterocycles. The van der Waals surface area contributed by atoms with E-state index in [1.165, 1.54) is 26.2 Å². The number of methoxy groups -OCH3 is 2. The van der Waals surface area contributed by atoms with E-state index < -0.39 is 79.0 Å². The summed E-state index contributed by atoms with van der Waals surface area (Å²) in [4.78, 5) is 129. The van der Waals surface area contributed by atoms with Crippen LogP contribution in [0.1, 0.15) is 155 Å². The Labute approximate surface area is 615 Å². The summed E-state index contributed by atoms with van der Waals surface area (Å²) in [5.74, 6) is -2.89. The molecule has 7 aliphatic rings. The van der Waals surface area contributed by atoms with Crippen molar-refractivity contribution in [3.05, 3.63) is 130 Å². The molecule has 4 fully saturated rings. The third kappa shape index (κ3) is 16.4. The lowest BCUT2D eigenvalue weighted by Crippen LogP contribution is -2.55. The molecule has 2 spiro atoms. The van der Waals surface area contributed by atoms with Gasteiger partial charge in [-0.1, -0.05) is 68.4 Å². The van der Waals surface area contributed by atoms with E-state index in [2.05, 4.69) is 49.3 Å². The molecule has 5 aromatic carbocycles. The second kappa shape index (κ2) is 31.5. The summed E-state index contributed by atoms with van der Waals surface area (Å²) in [7, 11) is 3.03. The number of fused-ring (bicyclic) bond motifs is 6. The van der Waals surface area contributed by atoms with Crippen LogP contribution in [0.25, 0.3) is 11.4 Å². The van der Waals surface area contributed by atoms with Crippen molar-refractivity contribution in [1.82, 2.24) is 36.4 Å². The van der Waals surface area contributed by atoms with Gasteiger partial charge in [-0.15, -0.1) is 0 Å². The van der Waals surface area contributed by atoms with E-state index >= 15 is 0 Å². The molecule has 2 saturated carbocycles. The maximum absolute atomic E-state index is 14.5. The number of nitrogens with one attached hydrogen (secondary N) is 8. The number of aliphatic hydroxyl groups excluding tert-OH is 1. The van der Waals surface area contributed by atoms with Crippen molar-refractivity contribution >= 4 is 87.5 Å². The van der Waals surface area contributed by atoms with Crippen LogP contribution in [-0.4, -0.2) is 164 Å². The summed E-state index contributed by atoms with van der Waals surface area (Å²) in [5, 5.41) is 36.0. The smallest absolute Gasteiger partial charge is 0.416 e. The van der Waals surface area contributed by atoms with Crippen LogP contribution in [0.2, 0.25) is 0 Å². The molecule has 9 N–H and O–H groups in total. The third-order valence-corrected chi connectivity index (χ3v) is 21.2. The van der Waals surface area contributed by atoms with E-state index in [1.807, 2.05) is 49.1 Å². The van der Waals surface area contributed by atoms with Gasteiger partial charge in [-0.05, 0) is 144 Å². The molecule has 0 bridgehead atoms. The van der Waals surface area contributed by atoms with Gasteiger partial charge in [-0.3, -0.25) is 38.4 Å². The number of hydrogen-bond donors (Lipinski definition) is 9. The summed E-state index contributed by atoms with van der Waals surface area (Å²) >= 11 is 0. The Hall–Kier alpha value is -10.8. The van der Waals surface area contributed by atoms with E-state index in [1.54, 1.807) is 85.4 Å². The zero-order valence-corrected chi connectivity index (χ0v) is 61.2. The first-order chi connectivity index (χ1) is 50.8. The Kier molecular flexibility index (Phi) is 22.3. The molecule has 9 amide bonds. The number of amides is 9. The van der Waals surface area contributed by atoms with Gasteiger partial charge in [-0.2, -0.15) is 5.11 Å². The van der Waals surface area contributed by atoms with E-state index in [0.717, 1.165) is 60.4 Å². The van der Waals surface area contributed by atoms with Gasteiger partial charge in [-0.25, -0.2) is 15.2 Å². The number of unbranched alkanes of at least 4 members (excludes halogenated alkanes) is 2. The van der Waals surface area contributed by atoms with E-state index in [4.69, 9.17) is 29.2 Å². The predicted octanol–water partition coefficient (Wildman–Crippen LogP) is 8.61. The average molecular weight is 1450 g/mol. The highest BCUT2D eigenvalue weighted by atomic mass is 16.6. The van der Waals surface area contributed by atoms with E-state index in [-0.39, 0.29) is 95.5 Å². The Balaban J connectivity index is 0.590. The summed E-state index contributed by atoms with van der Waals surface area (Å²) in [5.41, 5.74) is 14.1. The summed E-state index contributed by atoms with van der Waals surface area (Å²) < 4.78 is 29.9. The molecular weight excluding hydrogens is 1360 g/mol. The quantitative estimate of drug-likeness (QED) is 0.0167. The molecule has 12 rings (SSSR count). The Morgan fingerprint density at radius 2 is 1.34 bits per heavy atom. The number of nitrogens with zero attached hydrogens (tertiary/aromatic N) is 5. The minimum atomic E-state index is -1.47. The summed E-state index contributed by atoms with van der Waals surface area (Å²) in [6.07, 6.45) is 4.75. The number of aliphatic hydroxyl groups is 1. The highest BCUT2D eigenvalue weighted by Crippen LogP contribution is 2.60. The highest BCUT2D eigenvalue weighted by Gasteiger charge is 2.60. The molecule has 1 unspecified atom stereocenters. The third-order valence-electron chi connectivity index (χ3n) is 21.2. The Morgan fingerprint density at radius 1 is 0.689 bits per heavy atom. The van der Waals surface area contributed by atoms with Crippen LogP contribution in [0.5, 0.6) is 23.0 Å². The Bertz CT molecular complexity index is 4290. The Morgan fingerprint density at radius 3 is 2.01 bits per heavy atom. The summed E-state index contributed by atoms with van der Waals surface area (Å²) in [6.45, 7) is 12.3. The topological polar surface area (TPSA) is 353 Å². The molecule has 5 atom stereocenters. The monoisotopic (exact) mass is 1450 g/mol. The molecule has 0 aromatic heterocycles. The number of hydrogen-bond acceptors (Lipinski definition) is 19. The SMILES string of the molecule is COc1cc2c(cc1OCCCCCOc1cc3c(cc1OC)C(=O)N1CC4(CC4)C[C@H]1[C@H](O)N3C(=O)OCc1ccc(NC(=O)[C@H](C)NC(=O)[C@@H](NC(=O)CNC(=O)CNC(=O)CCC(=O)N3Cc4ccccc4/C(NC(C)C)=C(/N=N)c4ccccc43)C(C)C)cc1)NCC1(C)CC3(CC3)CN1C2=O. The van der Waals surface area contributed by atoms with Gasteiger partial charge >= 0.3 is 6.09 Å². The van der Waals surface area contributed by atoms with Crippen molar-refractivity contribution in [2.45, 2.75) is 161 Å². The minimum absolute atomic E-state index is 0.00548. The van der Waals surface area contributed by atoms with Gasteiger partial charge in [0.2, 0.25) is 35.4 Å². The maximum Gasteiger partial charge on any atom is 0.416 e. The van der Waals surface area contributed by atoms with Crippen LogP contribution >= 0.6 is 0 Å². The first-order valence-corrected chi connectivity index (χ1v) is 36.4. The van der Waals surface area contributed by atoms with Crippen molar-refractivity contribution in [1.29, 1.82) is 5.53 Å². The molecule has 5 aromatic rings. The molecule has 562 valence electrons. The first kappa shape index (κ1) is 74.9. The number of rotatable bonds is 28. The normalized spacial score (nSPS) is 20.3. The highest BCUT2D eigenvalue weighted by molar-refractivity contribution is 6.07. The van der Waals surface area contributed by atoms with E-state index in [9.17, 15) is 48.3 Å². The lowest BCUT2D eigenvalue weighted by molar-refractivity contribution is -0.132. The molecule has 0 radical (unpaired) electrons. The van der Waals surface area contributed by atoms with Crippen LogP contribution in [0.15, 0.2) is 102 Å². The van der Waals surface area contributed by atoms with Gasteiger partial charge in [0.25, 0.3) is 11.8 Å². The standard InChI is InChI=1S/C78H95N13O15/c1-45(2)67(86-65(94)38-81-64(93)37-80-63(92)24-25-66(95)88-39-49-16-10-11-17-51(49)68(83-46(3)4)69(87-79)52-18-12-13-19-56(52)88)71(97)84-47(5)70(96)85-50-22-20-48(21-23-50)40-106-75(101)91-57-35-62(60(103-8)33-54(57)72(98)89-43-77(26-27-77)36-58(89)74(91)100)105-31-15-9-14-30-104-61-34-55-53(32-59(61)102-7)73(99)90-44-78(28-29-78)41-76(90,6)42-82-55/h10-13,16-23,32-35,45-47,58,67,74,79,82-83,100H,9,14-15,24-31,36-44H2,1-8H3,(H,80,92)(H,81,93)(H,84,97)(H,85,96)(H,86,94)/b69-68-,87-79?/t47-,58-,67-,74-,76?/m0/s1. The van der Waals surface area contributed by atoms with Gasteiger partial charge in [0, 0.05) is 67.5 Å². The van der Waals surface area contributed by atoms with Gasteiger partial charge in [0.05, 0.1) is 92.5 Å². The van der Waals surface area contributed by atoms with Crippen LogP contribution in [0.4, 0.5) is 27.5 Å². The molecule has 106 heavy (non-hydrogen) atoms. The van der Waals surface area contributed by atoms with Crippen molar-refractivity contribution < 1.29 is 71.9 Å². The number of ether oxygens (including phenoxy) is 5. The zero-order chi connectivity index (χ0) is 75.4. The van der Waals surface area contributed by atoms with Crippen LogP contribution in [-0.2, 0) is 46.7 Å². The average Bonchev–Trinajstić information content (AvgIpc) is 1.56. The second-order valence-corrected chi connectivity index (χ2v) is 29.8. The molecule has 5 heterocycles. The number of carbonyl (C=O) groups excluding carboxylic acids is 9.